The van der Waals surface area contributed by atoms with E-state index in [1.54, 1.807) is 32.2 Å². The number of benzene rings is 1. The second-order valence-corrected chi connectivity index (χ2v) is 9.79. The fourth-order valence-corrected chi connectivity index (χ4v) is 4.47. The van der Waals surface area contributed by atoms with Crippen molar-refractivity contribution in [3.8, 4) is 0 Å². The zero-order valence-corrected chi connectivity index (χ0v) is 23.4. The molecule has 2 saturated heterocycles. The largest absolute Gasteiger partial charge is 0.355 e. The molecule has 10 heteroatoms. The molecule has 4 atom stereocenters. The molecule has 0 saturated carbocycles. The van der Waals surface area contributed by atoms with Crippen molar-refractivity contribution >= 4 is 36.0 Å². The van der Waals surface area contributed by atoms with Crippen molar-refractivity contribution in [2.24, 2.45) is 0 Å². The third kappa shape index (κ3) is 12.0. The smallest absolute Gasteiger partial charge is 0.240 e. The van der Waals surface area contributed by atoms with Gasteiger partial charge >= 0.3 is 0 Å². The number of likely N-dealkylation sites (N-methyl/N-ethyl adjacent to an activating group) is 2. The number of nitrogens with zero attached hydrogens (tertiary/aromatic N) is 1. The van der Waals surface area contributed by atoms with Gasteiger partial charge in [0.05, 0.1) is 18.5 Å². The van der Waals surface area contributed by atoms with Crippen molar-refractivity contribution in [1.82, 2.24) is 20.9 Å². The number of Topliss-reactive ketones (excluding diaryl/α,β-unsaturated/α-hetero) is 1. The van der Waals surface area contributed by atoms with Crippen LogP contribution in [0.4, 0.5) is 5.69 Å². The lowest BCUT2D eigenvalue weighted by Crippen LogP contribution is -2.50. The van der Waals surface area contributed by atoms with Crippen molar-refractivity contribution in [1.29, 1.82) is 0 Å². The highest BCUT2D eigenvalue weighted by Gasteiger charge is 2.37. The molecule has 10 nitrogen and oxygen atoms in total. The molecule has 4 unspecified atom stereocenters. The summed E-state index contributed by atoms with van der Waals surface area (Å²) in [5.74, 6) is -0.175. The lowest BCUT2D eigenvalue weighted by molar-refractivity contribution is -0.137. The van der Waals surface area contributed by atoms with E-state index in [4.69, 9.17) is 0 Å². The Hall–Kier alpha value is -3.11. The second kappa shape index (κ2) is 18.2. The Balaban J connectivity index is 0.000000316. The molecule has 4 N–H and O–H groups in total. The standard InChI is InChI=1S/C12H14N2O3.C12H22N2O.C4H9NO/c1-9(16)5-12(17)14-11-4-2-3-10(6-11)7-13-8-15;1-9-7-8-10-5-3-4-6-11(13-2)12(15)14(9)10;1-4(3-6)5-2/h2-4,6,8H,5,7H2,1H3,(H,13,15)(H,14,17);9-11,13H,3-8H2,1-2H3;3-5H,1-2H3. The maximum atomic E-state index is 12.3. The minimum Gasteiger partial charge on any atom is -0.355 e. The number of ketones is 1. The number of anilines is 1. The van der Waals surface area contributed by atoms with Crippen LogP contribution in [0, 0.1) is 0 Å². The number of rotatable bonds is 9. The minimum absolute atomic E-state index is 0.00463. The molecule has 2 aliphatic rings. The van der Waals surface area contributed by atoms with Gasteiger partial charge in [0.15, 0.2) is 0 Å². The van der Waals surface area contributed by atoms with Crippen LogP contribution < -0.4 is 21.3 Å². The fraction of sp³-hybridized carbons (Fsp3) is 0.607. The normalized spacial score (nSPS) is 21.1. The Labute approximate surface area is 226 Å². The molecular weight excluding hydrogens is 486 g/mol. The number of aldehydes is 1. The van der Waals surface area contributed by atoms with Gasteiger partial charge < -0.3 is 31.0 Å². The summed E-state index contributed by atoms with van der Waals surface area (Å²) >= 11 is 0. The summed E-state index contributed by atoms with van der Waals surface area (Å²) in [6, 6.07) is 8.12. The fourth-order valence-electron chi connectivity index (χ4n) is 4.47. The van der Waals surface area contributed by atoms with Crippen LogP contribution in [0.1, 0.15) is 71.3 Å². The highest BCUT2D eigenvalue weighted by atomic mass is 16.2. The number of hydrogen-bond acceptors (Lipinski definition) is 7. The van der Waals surface area contributed by atoms with Gasteiger partial charge in [-0.25, -0.2) is 0 Å². The zero-order valence-electron chi connectivity index (χ0n) is 23.4. The van der Waals surface area contributed by atoms with E-state index in [0.29, 0.717) is 36.6 Å². The summed E-state index contributed by atoms with van der Waals surface area (Å²) in [6.07, 6.45) is 8.43. The van der Waals surface area contributed by atoms with Crippen LogP contribution in [-0.2, 0) is 30.5 Å². The second-order valence-electron chi connectivity index (χ2n) is 9.79. The molecular formula is C28H45N5O5. The Morgan fingerprint density at radius 1 is 1.11 bits per heavy atom. The van der Waals surface area contributed by atoms with Crippen LogP contribution in [0.3, 0.4) is 0 Å². The minimum atomic E-state index is -0.335. The first-order valence-corrected chi connectivity index (χ1v) is 13.3. The summed E-state index contributed by atoms with van der Waals surface area (Å²) in [7, 11) is 3.65. The van der Waals surface area contributed by atoms with Gasteiger partial charge in [-0.1, -0.05) is 25.0 Å². The van der Waals surface area contributed by atoms with Gasteiger partial charge in [-0.15, -0.1) is 0 Å². The molecule has 1 aromatic rings. The zero-order chi connectivity index (χ0) is 28.5. The van der Waals surface area contributed by atoms with Crippen LogP contribution in [0.2, 0.25) is 0 Å². The van der Waals surface area contributed by atoms with Gasteiger partial charge in [0.1, 0.15) is 12.1 Å². The molecule has 0 aromatic heterocycles. The summed E-state index contributed by atoms with van der Waals surface area (Å²) in [5.41, 5.74) is 1.49. The summed E-state index contributed by atoms with van der Waals surface area (Å²) < 4.78 is 0. The Morgan fingerprint density at radius 3 is 2.39 bits per heavy atom. The average molecular weight is 532 g/mol. The first kappa shape index (κ1) is 32.9. The number of fused-ring (bicyclic) bond motifs is 1. The summed E-state index contributed by atoms with van der Waals surface area (Å²) in [6.45, 7) is 5.75. The topological polar surface area (TPSA) is 137 Å². The first-order valence-electron chi connectivity index (χ1n) is 13.3. The molecule has 3 rings (SSSR count). The molecule has 3 amide bonds. The molecule has 2 fully saturated rings. The van der Waals surface area contributed by atoms with Crippen LogP contribution in [0.15, 0.2) is 24.3 Å². The number of carbonyl (C=O) groups is 5. The van der Waals surface area contributed by atoms with Crippen LogP contribution >= 0.6 is 0 Å². The van der Waals surface area contributed by atoms with Gasteiger partial charge in [-0.05, 0) is 78.2 Å². The summed E-state index contributed by atoms with van der Waals surface area (Å²) in [4.78, 5) is 56.3. The van der Waals surface area contributed by atoms with Crippen molar-refractivity contribution in [2.75, 3.05) is 19.4 Å². The lowest BCUT2D eigenvalue weighted by atomic mass is 9.99. The SMILES string of the molecule is CC(=O)CC(=O)Nc1cccc(CNC=O)c1.CNC(C)C=O.CNC1CCCCC2CCC(C)N2C1=O. The van der Waals surface area contributed by atoms with Gasteiger partial charge in [0.2, 0.25) is 18.2 Å². The molecule has 2 heterocycles. The molecule has 38 heavy (non-hydrogen) atoms. The van der Waals surface area contributed by atoms with E-state index in [2.05, 4.69) is 33.1 Å². The number of amides is 3. The van der Waals surface area contributed by atoms with Crippen molar-refractivity contribution < 1.29 is 24.0 Å². The van der Waals surface area contributed by atoms with E-state index in [1.807, 2.05) is 13.1 Å². The van der Waals surface area contributed by atoms with Crippen molar-refractivity contribution in [2.45, 2.75) is 96.4 Å². The van der Waals surface area contributed by atoms with E-state index in [-0.39, 0.29) is 30.2 Å². The maximum absolute atomic E-state index is 12.3. The van der Waals surface area contributed by atoms with Crippen molar-refractivity contribution in [3.05, 3.63) is 29.8 Å². The van der Waals surface area contributed by atoms with E-state index < -0.39 is 0 Å². The number of nitrogens with one attached hydrogen (secondary N) is 4. The van der Waals surface area contributed by atoms with Gasteiger partial charge in [0, 0.05) is 24.3 Å². The number of carbonyl (C=O) groups excluding carboxylic acids is 5. The maximum Gasteiger partial charge on any atom is 0.240 e. The molecule has 212 valence electrons. The molecule has 0 spiro atoms. The quantitative estimate of drug-likeness (QED) is 0.283. The van der Waals surface area contributed by atoms with Crippen LogP contribution in [0.25, 0.3) is 0 Å². The van der Waals surface area contributed by atoms with Crippen LogP contribution in [0.5, 0.6) is 0 Å². The molecule has 0 radical (unpaired) electrons. The number of hydrogen-bond donors (Lipinski definition) is 4. The van der Waals surface area contributed by atoms with E-state index in [9.17, 15) is 24.0 Å². The van der Waals surface area contributed by atoms with E-state index in [0.717, 1.165) is 18.3 Å². The highest BCUT2D eigenvalue weighted by molar-refractivity contribution is 6.03. The summed E-state index contributed by atoms with van der Waals surface area (Å²) in [5, 5.41) is 11.1. The Bertz CT molecular complexity index is 909. The average Bonchev–Trinajstić information content (AvgIpc) is 3.25. The molecule has 0 bridgehead atoms. The van der Waals surface area contributed by atoms with Gasteiger partial charge in [-0.2, -0.15) is 0 Å². The monoisotopic (exact) mass is 531 g/mol. The molecule has 1 aromatic carbocycles. The molecule has 0 aliphatic carbocycles. The highest BCUT2D eigenvalue weighted by Crippen LogP contribution is 2.30. The van der Waals surface area contributed by atoms with E-state index >= 15 is 0 Å². The third-order valence-corrected chi connectivity index (χ3v) is 6.64. The van der Waals surface area contributed by atoms with Gasteiger partial charge in [-0.3, -0.25) is 19.2 Å². The van der Waals surface area contributed by atoms with Crippen molar-refractivity contribution in [3.63, 3.8) is 0 Å². The van der Waals surface area contributed by atoms with E-state index in [1.165, 1.54) is 39.0 Å². The predicted molar refractivity (Wildman–Crippen MR) is 149 cm³/mol. The Morgan fingerprint density at radius 2 is 1.82 bits per heavy atom. The molecule has 2 aliphatic heterocycles. The third-order valence-electron chi connectivity index (χ3n) is 6.64. The van der Waals surface area contributed by atoms with Crippen LogP contribution in [-0.4, -0.2) is 73.5 Å². The predicted octanol–water partition coefficient (Wildman–Crippen LogP) is 2.17. The lowest BCUT2D eigenvalue weighted by Gasteiger charge is -2.34. The van der Waals surface area contributed by atoms with Gasteiger partial charge in [0.25, 0.3) is 0 Å². The first-order chi connectivity index (χ1) is 18.2. The Kier molecular flexibility index (Phi) is 15.8.